The molecule has 0 fully saturated rings. The highest BCUT2D eigenvalue weighted by atomic mass is 28.3. The Balaban J connectivity index is 1.13. The Labute approximate surface area is 527 Å². The monoisotopic (exact) mass is 1110 g/mol. The van der Waals surface area contributed by atoms with Gasteiger partial charge < -0.3 is 4.74 Å². The third-order valence-electron chi connectivity index (χ3n) is 14.9. The molecule has 83 heavy (non-hydrogen) atoms. The summed E-state index contributed by atoms with van der Waals surface area (Å²) in [5, 5.41) is -2.71. The van der Waals surface area contributed by atoms with Gasteiger partial charge in [-0.1, -0.05) is 226 Å². The maximum absolute atomic E-state index is 11.4. The molecular weight excluding hydrogens is 1020 g/mol. The molecule has 15 rings (SSSR count). The van der Waals surface area contributed by atoms with Crippen LogP contribution in [0.4, 0.5) is 0 Å². The molecule has 396 valence electrons. The molecule has 0 saturated heterocycles. The molecular formula is C77H59N4OSi+. The van der Waals surface area contributed by atoms with Crippen molar-refractivity contribution < 1.29 is 50.4 Å². The van der Waals surface area contributed by atoms with Crippen LogP contribution in [0.2, 0.25) is 0 Å². The van der Waals surface area contributed by atoms with E-state index in [0.717, 1.165) is 10.8 Å². The molecule has 6 heteroatoms. The highest BCUT2D eigenvalue weighted by Gasteiger charge is 2.43. The van der Waals surface area contributed by atoms with Gasteiger partial charge in [0.15, 0.2) is 19.1 Å². The number of hydrogen-bond donors (Lipinski definition) is 0. The van der Waals surface area contributed by atoms with E-state index in [4.69, 9.17) is 17.1 Å². The molecule has 0 aliphatic carbocycles. The van der Waals surface area contributed by atoms with Crippen molar-refractivity contribution in [2.24, 2.45) is 0 Å². The number of ether oxygens (including phenoxy) is 1. The second kappa shape index (κ2) is 19.8. The van der Waals surface area contributed by atoms with Crippen LogP contribution in [0.5, 0.6) is 11.5 Å². The highest BCUT2D eigenvalue weighted by Crippen LogP contribution is 2.47. The third kappa shape index (κ3) is 8.27. The molecule has 0 N–H and O–H groups in total. The second-order valence-electron chi connectivity index (χ2n) is 20.7. The molecule has 0 radical (unpaired) electrons. The minimum Gasteiger partial charge on any atom is -0.457 e. The van der Waals surface area contributed by atoms with Crippen LogP contribution in [-0.2, 0) is 5.41 Å². The number of para-hydroxylation sites is 2. The van der Waals surface area contributed by atoms with Crippen molar-refractivity contribution >= 4 is 61.7 Å². The van der Waals surface area contributed by atoms with Gasteiger partial charge in [0.1, 0.15) is 28.7 Å². The fraction of sp³-hybridized carbons (Fsp3) is 0.0649. The van der Waals surface area contributed by atoms with E-state index in [0.29, 0.717) is 22.4 Å². The lowest BCUT2D eigenvalue weighted by atomic mass is 9.82. The van der Waals surface area contributed by atoms with Gasteiger partial charge in [0.2, 0.25) is 0 Å². The quantitative estimate of drug-likeness (QED) is 0.0820. The molecule has 0 amide bonds. The highest BCUT2D eigenvalue weighted by molar-refractivity contribution is 7.20. The molecule has 4 heterocycles. The number of fused-ring (bicyclic) bond motifs is 10. The fourth-order valence-corrected chi connectivity index (χ4v) is 15.0. The van der Waals surface area contributed by atoms with E-state index < -0.39 is 226 Å². The summed E-state index contributed by atoms with van der Waals surface area (Å²) in [6.45, 7) is 2.97. The van der Waals surface area contributed by atoms with E-state index >= 15 is 0 Å². The van der Waals surface area contributed by atoms with Gasteiger partial charge >= 0.3 is 0 Å². The van der Waals surface area contributed by atoms with Crippen LogP contribution < -0.4 is 30.1 Å². The molecule has 11 aromatic carbocycles. The molecule has 0 saturated carbocycles. The van der Waals surface area contributed by atoms with Crippen LogP contribution in [0.25, 0.3) is 94.5 Å². The number of benzene rings is 11. The summed E-state index contributed by atoms with van der Waals surface area (Å²) in [4.78, 5) is 4.61. The minimum absolute atomic E-state index is 0.0319. The van der Waals surface area contributed by atoms with E-state index in [1.165, 1.54) is 36.5 Å². The van der Waals surface area contributed by atoms with E-state index in [1.54, 1.807) is 64.0 Å². The maximum Gasteiger partial charge on any atom is 0.255 e. The van der Waals surface area contributed by atoms with Gasteiger partial charge in [-0.25, -0.2) is 4.98 Å². The third-order valence-corrected chi connectivity index (χ3v) is 18.9. The normalized spacial score (nSPS) is 17.3. The Morgan fingerprint density at radius 2 is 1.13 bits per heavy atom. The molecule has 0 atom stereocenters. The molecule has 1 aliphatic heterocycles. The van der Waals surface area contributed by atoms with Crippen molar-refractivity contribution in [3.05, 3.63) is 296 Å². The Hall–Kier alpha value is -10.1. The topological polar surface area (TPSA) is 35.9 Å². The molecule has 14 aromatic rings. The number of aromatic nitrogens is 4. The van der Waals surface area contributed by atoms with Crippen LogP contribution in [0.1, 0.15) is 73.0 Å². The number of aryl methyl sites for hydroxylation is 1. The predicted molar refractivity (Wildman–Crippen MR) is 346 cm³/mol. The van der Waals surface area contributed by atoms with E-state index in [1.807, 2.05) is 55.7 Å². The summed E-state index contributed by atoms with van der Waals surface area (Å²) < 4.78 is 297. The largest absolute Gasteiger partial charge is 0.457 e. The van der Waals surface area contributed by atoms with Crippen molar-refractivity contribution in [3.8, 4) is 73.2 Å². The van der Waals surface area contributed by atoms with Gasteiger partial charge in [-0.2, -0.15) is 9.13 Å². The van der Waals surface area contributed by atoms with Crippen LogP contribution in [0.3, 0.4) is 0 Å². The smallest absolute Gasteiger partial charge is 0.255 e. The Morgan fingerprint density at radius 3 is 1.84 bits per heavy atom. The van der Waals surface area contributed by atoms with E-state index in [9.17, 15) is 28.8 Å². The Morgan fingerprint density at radius 1 is 0.494 bits per heavy atom. The Kier molecular flexibility index (Phi) is 6.58. The first-order valence-corrected chi connectivity index (χ1v) is 28.2. The SMILES string of the molecule is [2H]c1c([2H])c([2H])c(-c2cc3c4c(c2)n(-c2cccc(Oc5ccc6c7ccccc7n(-c7cc(C([2H])([2H])[2H])ccn7)c6c5)c2)c[n+]4-c2c(cccc2C(C)(C)C)-c2c([2H])c([Si](c4c([2H])c([2H])c([2H])c([2H])c4[2H])(c4c([2H])c([2H])c([2H])c([2H])c4[2H])c4c([2H])c([2H])c([2H])c([2H])c4[2H])c([2H])c([2H])c2-c2c([2H])c([2H])c([2H])c([2H])c2-3)c([2H])c1[2H]. The van der Waals surface area contributed by atoms with Gasteiger partial charge in [0.05, 0.1) is 48.0 Å². The molecule has 0 bridgehead atoms. The lowest BCUT2D eigenvalue weighted by molar-refractivity contribution is -0.567. The summed E-state index contributed by atoms with van der Waals surface area (Å²) in [7, 11) is -6.52. The van der Waals surface area contributed by atoms with Gasteiger partial charge in [-0.15, -0.1) is 0 Å². The number of imidazole rings is 1. The van der Waals surface area contributed by atoms with Gasteiger partial charge in [-0.3, -0.25) is 4.57 Å². The maximum atomic E-state index is 11.4. The number of nitrogens with zero attached hydrogens (tertiary/aromatic N) is 4. The zero-order chi connectivity index (χ0) is 81.8. The van der Waals surface area contributed by atoms with Crippen molar-refractivity contribution in [3.63, 3.8) is 0 Å². The summed E-state index contributed by atoms with van der Waals surface area (Å²) in [5.74, 6) is 0.784. The summed E-state index contributed by atoms with van der Waals surface area (Å²) >= 11 is 0. The summed E-state index contributed by atoms with van der Waals surface area (Å²) in [6.07, 6.45) is 2.98. The molecule has 1 aliphatic rings. The van der Waals surface area contributed by atoms with Crippen LogP contribution in [0.15, 0.2) is 285 Å². The van der Waals surface area contributed by atoms with E-state index in [2.05, 4.69) is 4.98 Å². The number of hydrogen-bond acceptors (Lipinski definition) is 2. The van der Waals surface area contributed by atoms with Gasteiger partial charge in [-0.05, 0) is 127 Å². The van der Waals surface area contributed by atoms with Crippen LogP contribution in [0, 0.1) is 6.85 Å². The van der Waals surface area contributed by atoms with Crippen LogP contribution >= 0.6 is 0 Å². The molecule has 0 unspecified atom stereocenters. The van der Waals surface area contributed by atoms with Crippen molar-refractivity contribution in [1.82, 2.24) is 14.1 Å². The first-order chi connectivity index (χ1) is 53.1. The second-order valence-corrected chi connectivity index (χ2v) is 24.2. The summed E-state index contributed by atoms with van der Waals surface area (Å²) in [6, 6.07) is 1.58. The zero-order valence-corrected chi connectivity index (χ0v) is 45.2. The standard InChI is InChI=1S/C77H59N4OSi/c1-52-43-44-78-74(45-52)81-71-38-20-19-35-65(71)66-41-39-57(49-72(66)81)82-56-26-21-25-55(48-56)79-51-80-75-67(36-22-37-70(75)77(2,3)4)68-50-61(83(58-27-11-6-12-28-58,59-29-13-7-14-30-59)60-31-15-8-16-32-60)40-42-64(68)62-33-17-18-34-63(62)69-46-54(47-73(79)76(69)80)53-23-9-5-10-24-53/h5-51H,1-4H3/q+1/i1D3,5D,6D,7D,8D,9D,10D,11D,12D,13D,14D,15D,16D,17D,18D,23D,24D,27D,28D,29D,30D,31D,32D,33D,34D,40D,42D,50D. The molecule has 0 spiro atoms. The van der Waals surface area contributed by atoms with E-state index in [-0.39, 0.29) is 61.7 Å². The first-order valence-electron chi connectivity index (χ1n) is 41.2. The summed E-state index contributed by atoms with van der Waals surface area (Å²) in [5.41, 5.74) is -2.19. The number of rotatable bonds is 9. The predicted octanol–water partition coefficient (Wildman–Crippen LogP) is 16.2. The Bertz CT molecular complexity index is 6340. The zero-order valence-electron chi connectivity index (χ0n) is 74.2. The number of pyridine rings is 1. The van der Waals surface area contributed by atoms with Crippen molar-refractivity contribution in [2.45, 2.75) is 33.0 Å². The van der Waals surface area contributed by atoms with Crippen molar-refractivity contribution in [2.75, 3.05) is 0 Å². The van der Waals surface area contributed by atoms with Gasteiger partial charge in [0, 0.05) is 49.9 Å². The molecule has 3 aromatic heterocycles. The fourth-order valence-electron chi connectivity index (χ4n) is 11.4. The minimum atomic E-state index is -6.52. The lowest BCUT2D eigenvalue weighted by Gasteiger charge is -2.35. The van der Waals surface area contributed by atoms with Gasteiger partial charge in [0.25, 0.3) is 6.33 Å². The average Bonchev–Trinajstić information content (AvgIpc) is 1.45. The first kappa shape index (κ1) is 27.5. The van der Waals surface area contributed by atoms with Crippen molar-refractivity contribution in [1.29, 1.82) is 0 Å². The average molecular weight is 1110 g/mol. The van der Waals surface area contributed by atoms with Crippen LogP contribution in [-0.4, -0.2) is 22.2 Å². The molecule has 5 nitrogen and oxygen atoms in total. The lowest BCUT2D eigenvalue weighted by Crippen LogP contribution is -2.74.